The summed E-state index contributed by atoms with van der Waals surface area (Å²) >= 11 is 0. The molecule has 116 valence electrons. The van der Waals surface area contributed by atoms with Crippen LogP contribution in [0.1, 0.15) is 32.6 Å². The Balaban J connectivity index is 0. The summed E-state index contributed by atoms with van der Waals surface area (Å²) in [5.41, 5.74) is 0. The van der Waals surface area contributed by atoms with Crippen LogP contribution in [-0.2, 0) is 23.9 Å². The summed E-state index contributed by atoms with van der Waals surface area (Å²) in [5.74, 6) is -2.19. The molecule has 7 heteroatoms. The number of hydrogen-bond donors (Lipinski definition) is 1. The first kappa shape index (κ1) is 22.4. The first-order chi connectivity index (χ1) is 9.56. The number of allylic oxidation sites excluding steroid dienone is 1. The average Bonchev–Trinajstić information content (AvgIpc) is 2.39. The van der Waals surface area contributed by atoms with Gasteiger partial charge in [0.25, 0.3) is 0 Å². The van der Waals surface area contributed by atoms with E-state index in [1.54, 1.807) is 13.0 Å². The van der Waals surface area contributed by atoms with E-state index in [0.717, 1.165) is 31.4 Å². The van der Waals surface area contributed by atoms with Gasteiger partial charge in [-0.2, -0.15) is 0 Å². The Labute approximate surface area is 154 Å². The van der Waals surface area contributed by atoms with Crippen LogP contribution in [0.2, 0.25) is 0 Å². The van der Waals surface area contributed by atoms with Crippen LogP contribution in [-0.4, -0.2) is 74.0 Å². The molecule has 0 unspecified atom stereocenters. The van der Waals surface area contributed by atoms with Gasteiger partial charge in [-0.25, -0.2) is 14.4 Å². The number of carbonyl (C=O) groups excluding carboxylic acids is 2. The number of aliphatic carboxylic acids is 1. The first-order valence-electron chi connectivity index (χ1n) is 6.43. The standard InChI is InChI=1S/C14H20O6.Ca.2H/c1-2-7-13(17)19-10-5-3-4-6-11-20-14(18)9-8-12(15)16;;;/h2,7-9H,3-6,10-11H2,1H3,(H,15,16);;;/b7-2?,9-8-;;;. The minimum absolute atomic E-state index is 0. The Hall–Kier alpha value is -0.850. The molecule has 0 saturated heterocycles. The maximum absolute atomic E-state index is 11.0. The van der Waals surface area contributed by atoms with Gasteiger partial charge in [-0.3, -0.25) is 0 Å². The molecule has 0 amide bonds. The zero-order valence-corrected chi connectivity index (χ0v) is 11.5. The van der Waals surface area contributed by atoms with Crippen molar-refractivity contribution in [2.45, 2.75) is 32.6 Å². The van der Waals surface area contributed by atoms with Gasteiger partial charge in [0.1, 0.15) is 0 Å². The van der Waals surface area contributed by atoms with E-state index in [-0.39, 0.29) is 50.3 Å². The SMILES string of the molecule is CC=CC(=O)OCCCCCCOC(=O)/C=C\C(=O)O.[CaH2]. The number of rotatable bonds is 10. The van der Waals surface area contributed by atoms with Crippen LogP contribution in [0.5, 0.6) is 0 Å². The normalized spacial score (nSPS) is 10.3. The van der Waals surface area contributed by atoms with Gasteiger partial charge in [0.2, 0.25) is 0 Å². The summed E-state index contributed by atoms with van der Waals surface area (Å²) in [7, 11) is 0. The third kappa shape index (κ3) is 17.1. The molecule has 0 bridgehead atoms. The van der Waals surface area contributed by atoms with E-state index in [9.17, 15) is 14.4 Å². The fourth-order valence-electron chi connectivity index (χ4n) is 1.27. The first-order valence-corrected chi connectivity index (χ1v) is 6.43. The number of carboxylic acids is 1. The van der Waals surface area contributed by atoms with Gasteiger partial charge >= 0.3 is 55.6 Å². The molecule has 1 N–H and O–H groups in total. The molecule has 0 aliphatic carbocycles. The average molecular weight is 326 g/mol. The molecule has 21 heavy (non-hydrogen) atoms. The maximum atomic E-state index is 11.0. The van der Waals surface area contributed by atoms with Crippen LogP contribution in [0.4, 0.5) is 0 Å². The molecule has 0 heterocycles. The monoisotopic (exact) mass is 326 g/mol. The summed E-state index contributed by atoms with van der Waals surface area (Å²) in [6.45, 7) is 2.37. The Kier molecular flexibility index (Phi) is 16.6. The third-order valence-electron chi connectivity index (χ3n) is 2.19. The van der Waals surface area contributed by atoms with E-state index in [4.69, 9.17) is 14.6 Å². The van der Waals surface area contributed by atoms with E-state index in [0.29, 0.717) is 13.0 Å². The second kappa shape index (κ2) is 15.5. The molecular weight excluding hydrogens is 304 g/mol. The molecule has 0 radical (unpaired) electrons. The van der Waals surface area contributed by atoms with Gasteiger partial charge in [0.05, 0.1) is 13.2 Å². The van der Waals surface area contributed by atoms with Crippen molar-refractivity contribution in [1.82, 2.24) is 0 Å². The summed E-state index contributed by atoms with van der Waals surface area (Å²) in [6, 6.07) is 0. The van der Waals surface area contributed by atoms with Gasteiger partial charge in [-0.05, 0) is 32.6 Å². The van der Waals surface area contributed by atoms with Crippen molar-refractivity contribution in [3.63, 3.8) is 0 Å². The second-order valence-electron chi connectivity index (χ2n) is 3.92. The Morgan fingerprint density at radius 2 is 1.33 bits per heavy atom. The summed E-state index contributed by atoms with van der Waals surface area (Å²) in [4.78, 5) is 32.1. The summed E-state index contributed by atoms with van der Waals surface area (Å²) in [6.07, 6.45) is 7.76. The summed E-state index contributed by atoms with van der Waals surface area (Å²) in [5, 5.41) is 8.29. The van der Waals surface area contributed by atoms with E-state index in [1.165, 1.54) is 6.08 Å². The molecule has 0 rings (SSSR count). The van der Waals surface area contributed by atoms with Crippen LogP contribution < -0.4 is 0 Å². The van der Waals surface area contributed by atoms with Gasteiger partial charge in [0, 0.05) is 18.2 Å². The van der Waals surface area contributed by atoms with Crippen LogP contribution >= 0.6 is 0 Å². The number of carboxylic acid groups (broad SMARTS) is 1. The quantitative estimate of drug-likeness (QED) is 0.278. The van der Waals surface area contributed by atoms with Crippen LogP contribution in [0.15, 0.2) is 24.3 Å². The zero-order valence-electron chi connectivity index (χ0n) is 11.5. The van der Waals surface area contributed by atoms with Crippen LogP contribution in [0, 0.1) is 0 Å². The van der Waals surface area contributed by atoms with E-state index < -0.39 is 11.9 Å². The molecule has 0 aromatic carbocycles. The van der Waals surface area contributed by atoms with Crippen molar-refractivity contribution < 1.29 is 29.0 Å². The molecule has 0 aromatic rings. The van der Waals surface area contributed by atoms with Gasteiger partial charge in [-0.15, -0.1) is 0 Å². The number of unbranched alkanes of at least 4 members (excludes halogenated alkanes) is 3. The molecule has 0 atom stereocenters. The second-order valence-corrected chi connectivity index (χ2v) is 3.92. The third-order valence-corrected chi connectivity index (χ3v) is 2.19. The predicted molar refractivity (Wildman–Crippen MR) is 80.5 cm³/mol. The fourth-order valence-corrected chi connectivity index (χ4v) is 1.27. The molecule has 0 spiro atoms. The van der Waals surface area contributed by atoms with E-state index in [1.807, 2.05) is 0 Å². The van der Waals surface area contributed by atoms with Crippen molar-refractivity contribution >= 4 is 55.6 Å². The molecule has 0 saturated carbocycles. The number of esters is 2. The van der Waals surface area contributed by atoms with E-state index >= 15 is 0 Å². The predicted octanol–water partition coefficient (Wildman–Crippen LogP) is 0.934. The van der Waals surface area contributed by atoms with E-state index in [2.05, 4.69) is 0 Å². The number of ether oxygens (including phenoxy) is 2. The number of carbonyl (C=O) groups is 3. The van der Waals surface area contributed by atoms with Crippen molar-refractivity contribution in [3.8, 4) is 0 Å². The van der Waals surface area contributed by atoms with Crippen LogP contribution in [0.25, 0.3) is 0 Å². The zero-order chi connectivity index (χ0) is 15.2. The summed E-state index contributed by atoms with van der Waals surface area (Å²) < 4.78 is 9.69. The Morgan fingerprint density at radius 3 is 1.76 bits per heavy atom. The van der Waals surface area contributed by atoms with Gasteiger partial charge < -0.3 is 14.6 Å². The van der Waals surface area contributed by atoms with Crippen molar-refractivity contribution in [1.29, 1.82) is 0 Å². The van der Waals surface area contributed by atoms with Crippen molar-refractivity contribution in [2.24, 2.45) is 0 Å². The fraction of sp³-hybridized carbons (Fsp3) is 0.500. The van der Waals surface area contributed by atoms with Crippen molar-refractivity contribution in [2.75, 3.05) is 13.2 Å². The number of hydrogen-bond acceptors (Lipinski definition) is 5. The molecule has 0 aliphatic rings. The minimum atomic E-state index is -1.19. The van der Waals surface area contributed by atoms with Gasteiger partial charge in [0.15, 0.2) is 0 Å². The molecule has 0 aliphatic heterocycles. The van der Waals surface area contributed by atoms with Gasteiger partial charge in [-0.1, -0.05) is 6.08 Å². The topological polar surface area (TPSA) is 89.9 Å². The molecular formula is C14H22CaO6. The van der Waals surface area contributed by atoms with Crippen molar-refractivity contribution in [3.05, 3.63) is 24.3 Å². The van der Waals surface area contributed by atoms with Crippen LogP contribution in [0.3, 0.4) is 0 Å². The molecule has 6 nitrogen and oxygen atoms in total. The molecule has 0 fully saturated rings. The Bertz CT molecular complexity index is 376. The Morgan fingerprint density at radius 1 is 0.857 bits per heavy atom. The molecule has 0 aromatic heterocycles.